The van der Waals surface area contributed by atoms with Crippen molar-refractivity contribution in [2.45, 2.75) is 5.16 Å². The van der Waals surface area contributed by atoms with E-state index in [1.807, 2.05) is 0 Å². The molecule has 3 aromatic heterocycles. The Labute approximate surface area is 123 Å². The Morgan fingerprint density at radius 3 is 2.71 bits per heavy atom. The molecule has 11 heteroatoms. The summed E-state index contributed by atoms with van der Waals surface area (Å²) in [6.07, 6.45) is 3.96. The van der Waals surface area contributed by atoms with E-state index in [0.717, 1.165) is 10.8 Å². The van der Waals surface area contributed by atoms with E-state index < -0.39 is 15.0 Å². The molecule has 0 amide bonds. The predicted molar refractivity (Wildman–Crippen MR) is 74.3 cm³/mol. The molecule has 0 spiro atoms. The van der Waals surface area contributed by atoms with Gasteiger partial charge in [-0.25, -0.2) is 8.42 Å². The van der Waals surface area contributed by atoms with Gasteiger partial charge < -0.3 is 5.73 Å². The molecule has 0 bridgehead atoms. The first-order chi connectivity index (χ1) is 9.86. The van der Waals surface area contributed by atoms with Crippen molar-refractivity contribution < 1.29 is 8.42 Å². The Hall–Kier alpha value is -2.33. The predicted octanol–water partition coefficient (Wildman–Crippen LogP) is 0.220. The second kappa shape index (κ2) is 4.60. The number of pyridine rings is 1. The van der Waals surface area contributed by atoms with Crippen molar-refractivity contribution in [3.8, 4) is 11.4 Å². The summed E-state index contributed by atoms with van der Waals surface area (Å²) < 4.78 is 24.1. The molecule has 0 unspecified atom stereocenters. The van der Waals surface area contributed by atoms with Gasteiger partial charge in [-0.2, -0.15) is 19.5 Å². The summed E-state index contributed by atoms with van der Waals surface area (Å²) in [4.78, 5) is 15.5. The fraction of sp³-hybridized carbons (Fsp3) is 0.100. The summed E-state index contributed by atoms with van der Waals surface area (Å²) in [6.45, 7) is 0. The maximum Gasteiger partial charge on any atom is 0.258 e. The summed E-state index contributed by atoms with van der Waals surface area (Å²) >= 11 is 6.02. The van der Waals surface area contributed by atoms with Crippen molar-refractivity contribution in [1.82, 2.24) is 29.5 Å². The topological polar surface area (TPSA) is 129 Å². The number of hydrogen-bond acceptors (Lipinski definition) is 8. The summed E-state index contributed by atoms with van der Waals surface area (Å²) in [5, 5.41) is 4.06. The second-order valence-corrected chi connectivity index (χ2v) is 6.46. The molecule has 0 radical (unpaired) electrons. The van der Waals surface area contributed by atoms with Crippen molar-refractivity contribution >= 4 is 33.2 Å². The normalized spacial score (nSPS) is 11.9. The Balaban J connectivity index is 2.26. The molecule has 3 rings (SSSR count). The largest absolute Gasteiger partial charge is 0.368 e. The summed E-state index contributed by atoms with van der Waals surface area (Å²) in [7, 11) is -3.60. The summed E-state index contributed by atoms with van der Waals surface area (Å²) in [5.41, 5.74) is 6.21. The number of halogens is 1. The van der Waals surface area contributed by atoms with Crippen molar-refractivity contribution in [3.05, 3.63) is 23.5 Å². The van der Waals surface area contributed by atoms with Crippen LogP contribution in [-0.2, 0) is 9.84 Å². The van der Waals surface area contributed by atoms with E-state index in [-0.39, 0.29) is 17.6 Å². The number of aromatic nitrogens is 6. The van der Waals surface area contributed by atoms with Gasteiger partial charge in [0.1, 0.15) is 0 Å². The number of rotatable bonds is 2. The molecule has 0 atom stereocenters. The first-order valence-corrected chi connectivity index (χ1v) is 7.83. The molecule has 3 heterocycles. The zero-order valence-electron chi connectivity index (χ0n) is 10.6. The Bertz CT molecular complexity index is 953. The highest BCUT2D eigenvalue weighted by atomic mass is 35.5. The average molecular weight is 326 g/mol. The van der Waals surface area contributed by atoms with E-state index in [9.17, 15) is 8.42 Å². The Morgan fingerprint density at radius 2 is 2.05 bits per heavy atom. The molecule has 0 aliphatic rings. The maximum atomic E-state index is 11.5. The van der Waals surface area contributed by atoms with Crippen LogP contribution in [0.15, 0.2) is 23.6 Å². The van der Waals surface area contributed by atoms with Crippen LogP contribution in [0.25, 0.3) is 17.2 Å². The smallest absolute Gasteiger partial charge is 0.258 e. The molecular weight excluding hydrogens is 318 g/mol. The van der Waals surface area contributed by atoms with Crippen LogP contribution in [0.1, 0.15) is 0 Å². The third-order valence-electron chi connectivity index (χ3n) is 2.56. The van der Waals surface area contributed by atoms with Gasteiger partial charge in [0.15, 0.2) is 5.82 Å². The van der Waals surface area contributed by atoms with Crippen LogP contribution >= 0.6 is 11.6 Å². The standard InChI is InChI=1S/C10H8ClN7O2S/c1-21(19,20)10-15-8(12)18-9(16-10)14-7(17-18)5-2-3-13-4-6(5)11/h2-4H,1H3,(H2,12,14,15,16,17). The van der Waals surface area contributed by atoms with Crippen LogP contribution in [0.5, 0.6) is 0 Å². The molecule has 0 aliphatic carbocycles. The summed E-state index contributed by atoms with van der Waals surface area (Å²) in [5.74, 6) is 0.129. The van der Waals surface area contributed by atoms with E-state index in [2.05, 4.69) is 25.0 Å². The quantitative estimate of drug-likeness (QED) is 0.708. The first-order valence-electron chi connectivity index (χ1n) is 5.56. The number of nitrogens with two attached hydrogens (primary N) is 1. The highest BCUT2D eigenvalue weighted by Gasteiger charge is 2.18. The molecule has 3 aromatic rings. The lowest BCUT2D eigenvalue weighted by molar-refractivity contribution is 0.592. The highest BCUT2D eigenvalue weighted by Crippen LogP contribution is 2.24. The SMILES string of the molecule is CS(=O)(=O)c1nc(N)n2nc(-c3ccncc3Cl)nc2n1. The molecule has 0 saturated carbocycles. The van der Waals surface area contributed by atoms with Gasteiger partial charge in [0.25, 0.3) is 10.9 Å². The molecule has 9 nitrogen and oxygen atoms in total. The molecule has 0 saturated heterocycles. The lowest BCUT2D eigenvalue weighted by Gasteiger charge is -1.99. The van der Waals surface area contributed by atoms with Gasteiger partial charge in [-0.3, -0.25) is 4.98 Å². The number of sulfone groups is 1. The number of fused-ring (bicyclic) bond motifs is 1. The number of hydrogen-bond donors (Lipinski definition) is 1. The van der Waals surface area contributed by atoms with Gasteiger partial charge in [-0.05, 0) is 6.07 Å². The second-order valence-electron chi connectivity index (χ2n) is 4.14. The van der Waals surface area contributed by atoms with E-state index in [1.54, 1.807) is 6.07 Å². The van der Waals surface area contributed by atoms with Crippen LogP contribution in [0, 0.1) is 0 Å². The zero-order valence-corrected chi connectivity index (χ0v) is 12.2. The van der Waals surface area contributed by atoms with Crippen LogP contribution in [0.3, 0.4) is 0 Å². The minimum Gasteiger partial charge on any atom is -0.368 e. The molecule has 2 N–H and O–H groups in total. The average Bonchev–Trinajstić information content (AvgIpc) is 2.82. The van der Waals surface area contributed by atoms with Crippen molar-refractivity contribution in [2.75, 3.05) is 12.0 Å². The van der Waals surface area contributed by atoms with Crippen molar-refractivity contribution in [1.29, 1.82) is 0 Å². The van der Waals surface area contributed by atoms with Crippen molar-refractivity contribution in [2.24, 2.45) is 0 Å². The molecule has 0 aromatic carbocycles. The molecule has 0 fully saturated rings. The molecule has 108 valence electrons. The van der Waals surface area contributed by atoms with Crippen LogP contribution in [0.2, 0.25) is 5.02 Å². The van der Waals surface area contributed by atoms with E-state index in [4.69, 9.17) is 17.3 Å². The van der Waals surface area contributed by atoms with Crippen LogP contribution in [0.4, 0.5) is 5.95 Å². The van der Waals surface area contributed by atoms with Crippen molar-refractivity contribution in [3.63, 3.8) is 0 Å². The molecule has 21 heavy (non-hydrogen) atoms. The van der Waals surface area contributed by atoms with Crippen LogP contribution in [-0.4, -0.2) is 44.2 Å². The Kier molecular flexibility index (Phi) is 2.99. The fourth-order valence-corrected chi connectivity index (χ4v) is 2.33. The number of anilines is 1. The van der Waals surface area contributed by atoms with Gasteiger partial charge >= 0.3 is 0 Å². The maximum absolute atomic E-state index is 11.5. The van der Waals surface area contributed by atoms with E-state index in [1.165, 1.54) is 12.4 Å². The lowest BCUT2D eigenvalue weighted by Crippen LogP contribution is -2.11. The van der Waals surface area contributed by atoms with Gasteiger partial charge in [-0.1, -0.05) is 11.6 Å². The van der Waals surface area contributed by atoms with Gasteiger partial charge in [0.05, 0.1) is 5.02 Å². The first kappa shape index (κ1) is 13.6. The zero-order chi connectivity index (χ0) is 15.2. The number of nitrogens with zero attached hydrogens (tertiary/aromatic N) is 6. The van der Waals surface area contributed by atoms with E-state index >= 15 is 0 Å². The number of nitrogen functional groups attached to an aromatic ring is 1. The minimum absolute atomic E-state index is 0.0193. The lowest BCUT2D eigenvalue weighted by atomic mass is 10.2. The van der Waals surface area contributed by atoms with Gasteiger partial charge in [-0.15, -0.1) is 5.10 Å². The minimum atomic E-state index is -3.60. The van der Waals surface area contributed by atoms with Gasteiger partial charge in [0.2, 0.25) is 15.8 Å². The fourth-order valence-electron chi connectivity index (χ4n) is 1.62. The molecular formula is C10H8ClN7O2S. The third-order valence-corrected chi connectivity index (χ3v) is 3.70. The van der Waals surface area contributed by atoms with Gasteiger partial charge in [0, 0.05) is 24.2 Å². The Morgan fingerprint density at radius 1 is 1.29 bits per heavy atom. The van der Waals surface area contributed by atoms with E-state index in [0.29, 0.717) is 10.6 Å². The summed E-state index contributed by atoms with van der Waals surface area (Å²) in [6, 6.07) is 1.62. The van der Waals surface area contributed by atoms with Crippen LogP contribution < -0.4 is 5.73 Å². The molecule has 0 aliphatic heterocycles. The third kappa shape index (κ3) is 2.38. The highest BCUT2D eigenvalue weighted by molar-refractivity contribution is 7.90. The monoisotopic (exact) mass is 325 g/mol.